The van der Waals surface area contributed by atoms with E-state index in [2.05, 4.69) is 22.8 Å². The fourth-order valence-electron chi connectivity index (χ4n) is 3.14. The Morgan fingerprint density at radius 1 is 1.27 bits per heavy atom. The maximum atomic E-state index is 12.3. The van der Waals surface area contributed by atoms with Crippen molar-refractivity contribution in [2.45, 2.75) is 25.3 Å². The number of likely N-dealkylation sites (tertiary alicyclic amines) is 1. The first-order chi connectivity index (χ1) is 10.8. The number of benzene rings is 1. The lowest BCUT2D eigenvalue weighted by Crippen LogP contribution is -2.49. The molecule has 5 heteroatoms. The largest absolute Gasteiger partial charge is 0.381 e. The molecule has 2 N–H and O–H groups in total. The number of thioether (sulfide) groups is 1. The molecular formula is C17H25N3OS. The molecule has 22 heavy (non-hydrogen) atoms. The number of para-hydroxylation sites is 1. The summed E-state index contributed by atoms with van der Waals surface area (Å²) in [5.74, 6) is 3.10. The number of anilines is 1. The number of rotatable bonds is 4. The third-order valence-corrected chi connectivity index (χ3v) is 5.65. The number of amides is 2. The fourth-order valence-corrected chi connectivity index (χ4v) is 4.42. The first kappa shape index (κ1) is 15.5. The lowest BCUT2D eigenvalue weighted by Gasteiger charge is -2.34. The first-order valence-corrected chi connectivity index (χ1v) is 9.39. The van der Waals surface area contributed by atoms with E-state index in [1.807, 2.05) is 34.9 Å². The van der Waals surface area contributed by atoms with Gasteiger partial charge in [-0.1, -0.05) is 18.2 Å². The second-order valence-corrected chi connectivity index (χ2v) is 7.36. The summed E-state index contributed by atoms with van der Waals surface area (Å²) in [4.78, 5) is 14.3. The minimum atomic E-state index is 0.108. The highest BCUT2D eigenvalue weighted by atomic mass is 32.2. The van der Waals surface area contributed by atoms with Gasteiger partial charge in [-0.05, 0) is 48.8 Å². The Kier molecular flexibility index (Phi) is 5.48. The predicted octanol–water partition coefficient (Wildman–Crippen LogP) is 3.03. The van der Waals surface area contributed by atoms with Crippen molar-refractivity contribution in [3.05, 3.63) is 30.3 Å². The molecule has 0 saturated carbocycles. The van der Waals surface area contributed by atoms with Crippen LogP contribution >= 0.6 is 11.8 Å². The number of carbonyl (C=O) groups excluding carboxylic acids is 1. The molecule has 0 spiro atoms. The van der Waals surface area contributed by atoms with Gasteiger partial charge in [0.05, 0.1) is 0 Å². The average Bonchev–Trinajstić information content (AvgIpc) is 3.07. The van der Waals surface area contributed by atoms with Gasteiger partial charge in [-0.25, -0.2) is 4.79 Å². The van der Waals surface area contributed by atoms with E-state index in [-0.39, 0.29) is 6.03 Å². The number of hydrogen-bond donors (Lipinski definition) is 2. The number of nitrogens with one attached hydrogen (secondary N) is 2. The molecule has 1 aromatic rings. The topological polar surface area (TPSA) is 44.4 Å². The quantitative estimate of drug-likeness (QED) is 0.896. The van der Waals surface area contributed by atoms with Gasteiger partial charge in [-0.3, -0.25) is 0 Å². The highest BCUT2D eigenvalue weighted by molar-refractivity contribution is 7.99. The highest BCUT2D eigenvalue weighted by Gasteiger charge is 2.24. The van der Waals surface area contributed by atoms with Crippen LogP contribution in [0.3, 0.4) is 0 Å². The molecule has 0 bridgehead atoms. The van der Waals surface area contributed by atoms with Crippen molar-refractivity contribution < 1.29 is 4.79 Å². The van der Waals surface area contributed by atoms with Crippen LogP contribution in [-0.2, 0) is 0 Å². The van der Waals surface area contributed by atoms with E-state index >= 15 is 0 Å². The summed E-state index contributed by atoms with van der Waals surface area (Å²) in [5, 5.41) is 6.66. The van der Waals surface area contributed by atoms with Crippen molar-refractivity contribution in [1.29, 1.82) is 0 Å². The number of piperidine rings is 1. The first-order valence-electron chi connectivity index (χ1n) is 8.23. The molecule has 1 aromatic carbocycles. The van der Waals surface area contributed by atoms with Gasteiger partial charge in [-0.15, -0.1) is 0 Å². The lowest BCUT2D eigenvalue weighted by molar-refractivity contribution is 0.181. The molecule has 2 amide bonds. The third kappa shape index (κ3) is 4.32. The zero-order chi connectivity index (χ0) is 15.2. The maximum absolute atomic E-state index is 12.3. The van der Waals surface area contributed by atoms with Gasteiger partial charge < -0.3 is 15.5 Å². The molecule has 120 valence electrons. The van der Waals surface area contributed by atoms with Gasteiger partial charge in [-0.2, -0.15) is 11.8 Å². The van der Waals surface area contributed by atoms with Crippen LogP contribution in [0, 0.1) is 5.92 Å². The molecule has 2 saturated heterocycles. The zero-order valence-electron chi connectivity index (χ0n) is 13.0. The molecular weight excluding hydrogens is 294 g/mol. The fraction of sp³-hybridized carbons (Fsp3) is 0.588. The normalized spacial score (nSPS) is 25.0. The minimum absolute atomic E-state index is 0.108. The van der Waals surface area contributed by atoms with E-state index in [0.29, 0.717) is 12.0 Å². The molecule has 0 aliphatic carbocycles. The van der Waals surface area contributed by atoms with E-state index in [0.717, 1.165) is 38.2 Å². The van der Waals surface area contributed by atoms with Gasteiger partial charge in [0, 0.05) is 31.4 Å². The average molecular weight is 319 g/mol. The number of urea groups is 1. The minimum Gasteiger partial charge on any atom is -0.381 e. The van der Waals surface area contributed by atoms with Crippen molar-refractivity contribution >= 4 is 23.5 Å². The summed E-state index contributed by atoms with van der Waals surface area (Å²) in [7, 11) is 0. The van der Waals surface area contributed by atoms with Crippen LogP contribution in [0.1, 0.15) is 19.3 Å². The Bertz CT molecular complexity index is 476. The van der Waals surface area contributed by atoms with Gasteiger partial charge in [0.1, 0.15) is 0 Å². The molecule has 0 unspecified atom stereocenters. The molecule has 4 nitrogen and oxygen atoms in total. The van der Waals surface area contributed by atoms with Crippen LogP contribution in [-0.4, -0.2) is 48.1 Å². The van der Waals surface area contributed by atoms with Crippen LogP contribution < -0.4 is 10.6 Å². The molecule has 0 aromatic heterocycles. The SMILES string of the molecule is O=C(NC[C@H]1CCSC1)N1CCC[C@H](Nc2ccccc2)C1. The Morgan fingerprint density at radius 2 is 2.14 bits per heavy atom. The lowest BCUT2D eigenvalue weighted by atomic mass is 10.1. The molecule has 2 heterocycles. The van der Waals surface area contributed by atoms with Gasteiger partial charge >= 0.3 is 6.03 Å². The van der Waals surface area contributed by atoms with Crippen molar-refractivity contribution in [1.82, 2.24) is 10.2 Å². The monoisotopic (exact) mass is 319 g/mol. The highest BCUT2D eigenvalue weighted by Crippen LogP contribution is 2.22. The Balaban J connectivity index is 1.46. The second-order valence-electron chi connectivity index (χ2n) is 6.21. The summed E-state index contributed by atoms with van der Waals surface area (Å²) < 4.78 is 0. The number of carbonyl (C=O) groups is 1. The van der Waals surface area contributed by atoms with E-state index < -0.39 is 0 Å². The van der Waals surface area contributed by atoms with Crippen LogP contribution in [0.4, 0.5) is 10.5 Å². The molecule has 0 radical (unpaired) electrons. The Hall–Kier alpha value is -1.36. The van der Waals surface area contributed by atoms with E-state index in [9.17, 15) is 4.79 Å². The van der Waals surface area contributed by atoms with Crippen molar-refractivity contribution in [3.8, 4) is 0 Å². The predicted molar refractivity (Wildman–Crippen MR) is 93.5 cm³/mol. The van der Waals surface area contributed by atoms with Crippen LogP contribution in [0.15, 0.2) is 30.3 Å². The number of hydrogen-bond acceptors (Lipinski definition) is 3. The van der Waals surface area contributed by atoms with Crippen molar-refractivity contribution in [2.24, 2.45) is 5.92 Å². The molecule has 2 fully saturated rings. The smallest absolute Gasteiger partial charge is 0.317 e. The van der Waals surface area contributed by atoms with Crippen LogP contribution in [0.25, 0.3) is 0 Å². The van der Waals surface area contributed by atoms with Gasteiger partial charge in [0.25, 0.3) is 0 Å². The number of nitrogens with zero attached hydrogens (tertiary/aromatic N) is 1. The van der Waals surface area contributed by atoms with E-state index in [1.54, 1.807) is 0 Å². The van der Waals surface area contributed by atoms with Crippen molar-refractivity contribution in [2.75, 3.05) is 36.5 Å². The maximum Gasteiger partial charge on any atom is 0.317 e. The third-order valence-electron chi connectivity index (χ3n) is 4.42. The van der Waals surface area contributed by atoms with Gasteiger partial charge in [0.2, 0.25) is 0 Å². The van der Waals surface area contributed by atoms with Gasteiger partial charge in [0.15, 0.2) is 0 Å². The summed E-state index contributed by atoms with van der Waals surface area (Å²) >= 11 is 2.00. The Morgan fingerprint density at radius 3 is 2.91 bits per heavy atom. The second kappa shape index (κ2) is 7.77. The summed E-state index contributed by atoms with van der Waals surface area (Å²) in [6.07, 6.45) is 3.43. The molecule has 3 rings (SSSR count). The molecule has 2 atom stereocenters. The van der Waals surface area contributed by atoms with Crippen LogP contribution in [0.2, 0.25) is 0 Å². The molecule has 2 aliphatic heterocycles. The van der Waals surface area contributed by atoms with Crippen LogP contribution in [0.5, 0.6) is 0 Å². The zero-order valence-corrected chi connectivity index (χ0v) is 13.8. The molecule has 2 aliphatic rings. The Labute approximate surface area is 137 Å². The standard InChI is InChI=1S/C17H25N3OS/c21-17(18-11-14-8-10-22-13-14)20-9-4-7-16(12-20)19-15-5-2-1-3-6-15/h1-3,5-6,14,16,19H,4,7-13H2,(H,18,21)/t14-,16+/m1/s1. The van der Waals surface area contributed by atoms with E-state index in [1.165, 1.54) is 17.9 Å². The summed E-state index contributed by atoms with van der Waals surface area (Å²) in [6.45, 7) is 2.50. The van der Waals surface area contributed by atoms with Crippen molar-refractivity contribution in [3.63, 3.8) is 0 Å². The summed E-state index contributed by atoms with van der Waals surface area (Å²) in [5.41, 5.74) is 1.14. The van der Waals surface area contributed by atoms with E-state index in [4.69, 9.17) is 0 Å². The summed E-state index contributed by atoms with van der Waals surface area (Å²) in [6, 6.07) is 10.7.